The highest BCUT2D eigenvalue weighted by Crippen LogP contribution is 2.41. The van der Waals surface area contributed by atoms with Crippen LogP contribution in [0.1, 0.15) is 41.9 Å². The number of nitrogens with two attached hydrogens (primary N) is 1. The first-order valence-corrected chi connectivity index (χ1v) is 8.33. The summed E-state index contributed by atoms with van der Waals surface area (Å²) in [6.07, 6.45) is 1.01. The number of benzene rings is 1. The molecule has 3 rings (SSSR count). The maximum atomic E-state index is 14.5. The van der Waals surface area contributed by atoms with Crippen molar-refractivity contribution in [3.8, 4) is 6.07 Å². The molecule has 9 heteroatoms. The quantitative estimate of drug-likeness (QED) is 0.843. The lowest BCUT2D eigenvalue weighted by atomic mass is 9.85. The summed E-state index contributed by atoms with van der Waals surface area (Å²) in [5.74, 6) is -3.28. The molecule has 0 radical (unpaired) electrons. The molecule has 0 fully saturated rings. The zero-order valence-electron chi connectivity index (χ0n) is 15.2. The number of amides is 1. The summed E-state index contributed by atoms with van der Waals surface area (Å²) in [6.45, 7) is 2.72. The van der Waals surface area contributed by atoms with E-state index in [2.05, 4.69) is 15.3 Å². The van der Waals surface area contributed by atoms with Crippen LogP contribution in [-0.2, 0) is 10.3 Å². The fourth-order valence-corrected chi connectivity index (χ4v) is 3.14. The molecule has 1 aromatic carbocycles. The van der Waals surface area contributed by atoms with Crippen molar-refractivity contribution in [3.05, 3.63) is 59.2 Å². The number of hydrogen-bond acceptors (Lipinski definition) is 6. The Morgan fingerprint density at radius 3 is 2.71 bits per heavy atom. The third-order valence-corrected chi connectivity index (χ3v) is 4.26. The summed E-state index contributed by atoms with van der Waals surface area (Å²) in [5, 5.41) is 11.4. The molecule has 1 aliphatic heterocycles. The smallest absolute Gasteiger partial charge is 0.285 e. The number of alkyl halides is 1. The zero-order valence-corrected chi connectivity index (χ0v) is 15.2. The predicted octanol–water partition coefficient (Wildman–Crippen LogP) is 2.98. The van der Waals surface area contributed by atoms with E-state index in [0.717, 1.165) is 6.07 Å². The monoisotopic (exact) mass is 385 g/mol. The van der Waals surface area contributed by atoms with E-state index in [1.165, 1.54) is 44.3 Å². The number of ether oxygens (including phenoxy) is 1. The normalized spacial score (nSPS) is 23.9. The molecule has 3 N–H and O–H groups in total. The highest BCUT2D eigenvalue weighted by atomic mass is 19.2. The maximum absolute atomic E-state index is 14.5. The SMILES string of the molecule is C[C@@]1(F)C[C@@](C)(c2cc(NC(=O)c3ccc(C#N)cn3)ccc2F)N=C(N)O1. The van der Waals surface area contributed by atoms with E-state index in [-0.39, 0.29) is 29.4 Å². The molecule has 2 heterocycles. The number of aromatic nitrogens is 1. The minimum Gasteiger partial charge on any atom is -0.428 e. The Morgan fingerprint density at radius 1 is 1.36 bits per heavy atom. The van der Waals surface area contributed by atoms with Gasteiger partial charge in [-0.15, -0.1) is 0 Å². The number of halogens is 2. The molecular weight excluding hydrogens is 368 g/mol. The molecule has 2 aromatic rings. The molecule has 7 nitrogen and oxygen atoms in total. The number of anilines is 1. The number of rotatable bonds is 3. The Bertz CT molecular complexity index is 998. The van der Waals surface area contributed by atoms with Crippen LogP contribution in [0.2, 0.25) is 0 Å². The molecule has 0 aliphatic carbocycles. The van der Waals surface area contributed by atoms with Crippen molar-refractivity contribution < 1.29 is 18.3 Å². The minimum absolute atomic E-state index is 0.0632. The van der Waals surface area contributed by atoms with E-state index >= 15 is 0 Å². The first kappa shape index (κ1) is 19.2. The number of hydrogen-bond donors (Lipinski definition) is 2. The van der Waals surface area contributed by atoms with Gasteiger partial charge in [-0.1, -0.05) is 0 Å². The van der Waals surface area contributed by atoms with Crippen molar-refractivity contribution in [3.63, 3.8) is 0 Å². The van der Waals surface area contributed by atoms with Crippen LogP contribution in [-0.4, -0.2) is 22.8 Å². The average molecular weight is 385 g/mol. The van der Waals surface area contributed by atoms with Crippen LogP contribution >= 0.6 is 0 Å². The van der Waals surface area contributed by atoms with Gasteiger partial charge in [-0.3, -0.25) is 4.79 Å². The van der Waals surface area contributed by atoms with E-state index in [0.29, 0.717) is 5.56 Å². The molecule has 0 saturated heterocycles. The van der Waals surface area contributed by atoms with Gasteiger partial charge < -0.3 is 15.8 Å². The van der Waals surface area contributed by atoms with Gasteiger partial charge in [0, 0.05) is 30.8 Å². The molecular formula is C19H17F2N5O2. The van der Waals surface area contributed by atoms with Gasteiger partial charge in [0.2, 0.25) is 0 Å². The van der Waals surface area contributed by atoms with E-state index in [1.807, 2.05) is 6.07 Å². The van der Waals surface area contributed by atoms with Crippen molar-refractivity contribution in [2.75, 3.05) is 5.32 Å². The molecule has 1 amide bonds. The van der Waals surface area contributed by atoms with Crippen LogP contribution < -0.4 is 11.1 Å². The molecule has 2 atom stereocenters. The van der Waals surface area contributed by atoms with Crippen LogP contribution in [0, 0.1) is 17.1 Å². The number of carbonyl (C=O) groups excluding carboxylic acids is 1. The fraction of sp³-hybridized carbons (Fsp3) is 0.263. The zero-order chi connectivity index (χ0) is 20.5. The van der Waals surface area contributed by atoms with E-state index in [9.17, 15) is 13.6 Å². The van der Waals surface area contributed by atoms with Crippen molar-refractivity contribution >= 4 is 17.6 Å². The van der Waals surface area contributed by atoms with Crippen molar-refractivity contribution in [1.29, 1.82) is 5.26 Å². The standard InChI is InChI=1S/C19H17F2N5O2/c1-18(10-19(2,21)28-17(23)26-18)13-7-12(4-5-14(13)20)25-16(27)15-6-3-11(8-22)9-24-15/h3-7,9H,10H2,1-2H3,(H2,23,26)(H,25,27)/t18-,19-/m0/s1. The minimum atomic E-state index is -2.11. The fourth-order valence-electron chi connectivity index (χ4n) is 3.14. The van der Waals surface area contributed by atoms with Crippen molar-refractivity contribution in [2.24, 2.45) is 10.7 Å². The summed E-state index contributed by atoms with van der Waals surface area (Å²) < 4.78 is 33.8. The summed E-state index contributed by atoms with van der Waals surface area (Å²) in [4.78, 5) is 20.3. The van der Waals surface area contributed by atoms with Crippen LogP contribution in [0.25, 0.3) is 0 Å². The van der Waals surface area contributed by atoms with Crippen molar-refractivity contribution in [1.82, 2.24) is 4.98 Å². The Labute approximate surface area is 159 Å². The molecule has 0 unspecified atom stereocenters. The molecule has 0 bridgehead atoms. The lowest BCUT2D eigenvalue weighted by molar-refractivity contribution is -0.0917. The van der Waals surface area contributed by atoms with Crippen LogP contribution in [0.4, 0.5) is 14.5 Å². The molecule has 0 saturated carbocycles. The summed E-state index contributed by atoms with van der Waals surface area (Å²) in [5.41, 5.74) is 4.98. The Morgan fingerprint density at radius 2 is 2.11 bits per heavy atom. The summed E-state index contributed by atoms with van der Waals surface area (Å²) >= 11 is 0. The number of nitriles is 1. The predicted molar refractivity (Wildman–Crippen MR) is 97.5 cm³/mol. The number of amidine groups is 1. The Kier molecular flexibility index (Phi) is 4.73. The van der Waals surface area contributed by atoms with E-state index in [1.54, 1.807) is 0 Å². The van der Waals surface area contributed by atoms with E-state index in [4.69, 9.17) is 15.7 Å². The van der Waals surface area contributed by atoms with Gasteiger partial charge in [0.05, 0.1) is 11.1 Å². The van der Waals surface area contributed by atoms with Crippen LogP contribution in [0.3, 0.4) is 0 Å². The number of pyridine rings is 1. The Balaban J connectivity index is 1.90. The molecule has 1 aliphatic rings. The molecule has 28 heavy (non-hydrogen) atoms. The van der Waals surface area contributed by atoms with Gasteiger partial charge >= 0.3 is 0 Å². The topological polar surface area (TPSA) is 113 Å². The van der Waals surface area contributed by atoms with Gasteiger partial charge in [-0.25, -0.2) is 14.4 Å². The van der Waals surface area contributed by atoms with E-state index < -0.39 is 23.1 Å². The average Bonchev–Trinajstić information content (AvgIpc) is 2.61. The Hall–Kier alpha value is -3.54. The molecule has 1 aromatic heterocycles. The number of aliphatic imine (C=N–C) groups is 1. The highest BCUT2D eigenvalue weighted by molar-refractivity contribution is 6.02. The van der Waals surface area contributed by atoms with Gasteiger partial charge in [0.1, 0.15) is 17.6 Å². The highest BCUT2D eigenvalue weighted by Gasteiger charge is 2.44. The number of nitrogens with one attached hydrogen (secondary N) is 1. The van der Waals surface area contributed by atoms with Gasteiger partial charge in [0.15, 0.2) is 0 Å². The maximum Gasteiger partial charge on any atom is 0.285 e. The number of carbonyl (C=O) groups is 1. The van der Waals surface area contributed by atoms with Crippen LogP contribution in [0.5, 0.6) is 0 Å². The van der Waals surface area contributed by atoms with Crippen molar-refractivity contribution in [2.45, 2.75) is 31.7 Å². The lowest BCUT2D eigenvalue weighted by Crippen LogP contribution is -2.44. The second kappa shape index (κ2) is 6.88. The second-order valence-electron chi connectivity index (χ2n) is 6.80. The molecule has 0 spiro atoms. The third kappa shape index (κ3) is 3.91. The summed E-state index contributed by atoms with van der Waals surface area (Å²) in [7, 11) is 0. The first-order valence-electron chi connectivity index (χ1n) is 8.33. The third-order valence-electron chi connectivity index (χ3n) is 4.26. The van der Waals surface area contributed by atoms with Gasteiger partial charge in [0.25, 0.3) is 17.8 Å². The van der Waals surface area contributed by atoms with Gasteiger partial charge in [-0.2, -0.15) is 9.65 Å². The second-order valence-corrected chi connectivity index (χ2v) is 6.80. The first-order chi connectivity index (χ1) is 13.1. The van der Waals surface area contributed by atoms with Gasteiger partial charge in [-0.05, 0) is 37.3 Å². The lowest BCUT2D eigenvalue weighted by Gasteiger charge is -2.37. The summed E-state index contributed by atoms with van der Waals surface area (Å²) in [6, 6.07) is 8.27. The largest absolute Gasteiger partial charge is 0.428 e. The number of nitrogens with zero attached hydrogens (tertiary/aromatic N) is 3. The molecule has 144 valence electrons. The van der Waals surface area contributed by atoms with Crippen LogP contribution in [0.15, 0.2) is 41.5 Å².